The number of halogens is 1. The summed E-state index contributed by atoms with van der Waals surface area (Å²) in [6.45, 7) is 11.4. The molecule has 0 aliphatic rings. The number of amides is 1. The van der Waals surface area contributed by atoms with Gasteiger partial charge in [0.2, 0.25) is 5.91 Å². The largest absolute Gasteiger partial charge is 0.465 e. The molecule has 0 heterocycles. The Bertz CT molecular complexity index is 307. The van der Waals surface area contributed by atoms with Crippen molar-refractivity contribution in [2.24, 2.45) is 11.3 Å². The van der Waals surface area contributed by atoms with E-state index in [2.05, 4.69) is 27.8 Å². The zero-order chi connectivity index (χ0) is 13.6. The molecule has 0 aliphatic heterocycles. The van der Waals surface area contributed by atoms with Crippen LogP contribution in [-0.4, -0.2) is 25.0 Å². The van der Waals surface area contributed by atoms with Crippen LogP contribution in [0, 0.1) is 11.3 Å². The molecule has 0 aromatic carbocycles. The number of hydrogen-bond acceptors (Lipinski definition) is 3. The molecule has 4 nitrogen and oxygen atoms in total. The molecule has 1 unspecified atom stereocenters. The summed E-state index contributed by atoms with van der Waals surface area (Å²) >= 11 is 3.14. The summed E-state index contributed by atoms with van der Waals surface area (Å²) in [4.78, 5) is 23.7. The normalized spacial score (nSPS) is 12.8. The van der Waals surface area contributed by atoms with E-state index in [-0.39, 0.29) is 12.5 Å². The maximum absolute atomic E-state index is 11.9. The van der Waals surface area contributed by atoms with E-state index < -0.39 is 17.3 Å². The fourth-order valence-corrected chi connectivity index (χ4v) is 1.50. The highest BCUT2D eigenvalue weighted by molar-refractivity contribution is 9.11. The second-order valence-electron chi connectivity index (χ2n) is 4.79. The Labute approximate surface area is 111 Å². The van der Waals surface area contributed by atoms with E-state index in [1.807, 2.05) is 20.8 Å². The summed E-state index contributed by atoms with van der Waals surface area (Å²) in [5.74, 6) is -1.64. The lowest BCUT2D eigenvalue weighted by molar-refractivity contribution is -0.156. The minimum absolute atomic E-state index is 0.268. The second kappa shape index (κ2) is 6.79. The van der Waals surface area contributed by atoms with Gasteiger partial charge in [0, 0.05) is 11.0 Å². The lowest BCUT2D eigenvalue weighted by Gasteiger charge is -2.27. The van der Waals surface area contributed by atoms with Crippen LogP contribution in [0.15, 0.2) is 11.1 Å². The number of carbonyl (C=O) groups excluding carboxylic acids is 2. The van der Waals surface area contributed by atoms with E-state index in [4.69, 9.17) is 4.74 Å². The van der Waals surface area contributed by atoms with Gasteiger partial charge in [0.1, 0.15) is 5.92 Å². The van der Waals surface area contributed by atoms with Gasteiger partial charge >= 0.3 is 5.97 Å². The molecule has 0 fully saturated rings. The maximum Gasteiger partial charge on any atom is 0.319 e. The molecule has 1 N–H and O–H groups in total. The lowest BCUT2D eigenvalue weighted by Crippen LogP contribution is -2.43. The highest BCUT2D eigenvalue weighted by Gasteiger charge is 2.38. The van der Waals surface area contributed by atoms with E-state index in [0.717, 1.165) is 0 Å². The van der Waals surface area contributed by atoms with Crippen molar-refractivity contribution in [1.82, 2.24) is 5.32 Å². The topological polar surface area (TPSA) is 55.4 Å². The van der Waals surface area contributed by atoms with Gasteiger partial charge in [-0.3, -0.25) is 9.59 Å². The quantitative estimate of drug-likeness (QED) is 0.626. The molecular formula is C12H20BrNO3. The van der Waals surface area contributed by atoms with Gasteiger partial charge < -0.3 is 10.1 Å². The third-order valence-corrected chi connectivity index (χ3v) is 2.39. The Morgan fingerprint density at radius 1 is 1.41 bits per heavy atom. The Morgan fingerprint density at radius 3 is 2.29 bits per heavy atom. The van der Waals surface area contributed by atoms with Crippen LogP contribution in [0.4, 0.5) is 0 Å². The van der Waals surface area contributed by atoms with Gasteiger partial charge in [0.25, 0.3) is 0 Å². The highest BCUT2D eigenvalue weighted by atomic mass is 79.9. The highest BCUT2D eigenvalue weighted by Crippen LogP contribution is 2.27. The first kappa shape index (κ1) is 16.2. The molecule has 0 saturated heterocycles. The van der Waals surface area contributed by atoms with Crippen molar-refractivity contribution in [3.63, 3.8) is 0 Å². The number of carbonyl (C=O) groups is 2. The smallest absolute Gasteiger partial charge is 0.319 e. The second-order valence-corrected chi connectivity index (χ2v) is 5.91. The Morgan fingerprint density at radius 2 is 1.94 bits per heavy atom. The third-order valence-electron chi connectivity index (χ3n) is 2.10. The fourth-order valence-electron chi connectivity index (χ4n) is 1.36. The molecule has 0 rings (SSSR count). The van der Waals surface area contributed by atoms with E-state index >= 15 is 0 Å². The van der Waals surface area contributed by atoms with Crippen LogP contribution in [-0.2, 0) is 14.3 Å². The van der Waals surface area contributed by atoms with Crippen LogP contribution in [0.1, 0.15) is 27.7 Å². The molecule has 0 aromatic heterocycles. The first-order valence-electron chi connectivity index (χ1n) is 5.47. The van der Waals surface area contributed by atoms with E-state index in [1.54, 1.807) is 6.92 Å². The molecule has 0 saturated carbocycles. The average Bonchev–Trinajstić information content (AvgIpc) is 2.12. The van der Waals surface area contributed by atoms with Crippen molar-refractivity contribution in [3.05, 3.63) is 11.1 Å². The summed E-state index contributed by atoms with van der Waals surface area (Å²) in [6, 6.07) is 0. The molecular weight excluding hydrogens is 286 g/mol. The van der Waals surface area contributed by atoms with E-state index in [1.165, 1.54) is 0 Å². The average molecular weight is 306 g/mol. The zero-order valence-electron chi connectivity index (χ0n) is 10.8. The fraction of sp³-hybridized carbons (Fsp3) is 0.667. The van der Waals surface area contributed by atoms with E-state index in [0.29, 0.717) is 11.0 Å². The van der Waals surface area contributed by atoms with Gasteiger partial charge in [-0.1, -0.05) is 43.3 Å². The van der Waals surface area contributed by atoms with Crippen LogP contribution in [0.25, 0.3) is 0 Å². The summed E-state index contributed by atoms with van der Waals surface area (Å²) < 4.78 is 5.58. The van der Waals surface area contributed by atoms with Gasteiger partial charge in [-0.25, -0.2) is 0 Å². The Kier molecular flexibility index (Phi) is 6.45. The van der Waals surface area contributed by atoms with E-state index in [9.17, 15) is 9.59 Å². The minimum atomic E-state index is -0.811. The van der Waals surface area contributed by atoms with Crippen LogP contribution in [0.5, 0.6) is 0 Å². The Balaban J connectivity index is 4.75. The first-order chi connectivity index (χ1) is 7.70. The van der Waals surface area contributed by atoms with Gasteiger partial charge in [0.15, 0.2) is 0 Å². The number of nitrogens with one attached hydrogen (secondary N) is 1. The summed E-state index contributed by atoms with van der Waals surface area (Å²) in [7, 11) is 0. The van der Waals surface area contributed by atoms with Crippen molar-refractivity contribution in [2.45, 2.75) is 27.7 Å². The van der Waals surface area contributed by atoms with Gasteiger partial charge in [-0.05, 0) is 12.3 Å². The molecule has 1 atom stereocenters. The molecule has 0 radical (unpaired) electrons. The number of hydrogen-bond donors (Lipinski definition) is 1. The molecule has 1 amide bonds. The monoisotopic (exact) mass is 305 g/mol. The first-order valence-corrected chi connectivity index (χ1v) is 6.27. The molecule has 0 bridgehead atoms. The molecule has 5 heteroatoms. The Hall–Kier alpha value is -0.840. The SMILES string of the molecule is C=C(Br)CNC(=O)C(C(=O)OCC)C(C)(C)C. The summed E-state index contributed by atoms with van der Waals surface area (Å²) in [5, 5.41) is 2.64. The lowest BCUT2D eigenvalue weighted by atomic mass is 9.80. The standard InChI is InChI=1S/C12H20BrNO3/c1-6-17-11(16)9(12(3,4)5)10(15)14-7-8(2)13/h9H,2,6-7H2,1,3-5H3,(H,14,15). The maximum atomic E-state index is 11.9. The van der Waals surface area contributed by atoms with Crippen molar-refractivity contribution in [3.8, 4) is 0 Å². The predicted octanol–water partition coefficient (Wildman–Crippen LogP) is 2.24. The van der Waals surface area contributed by atoms with Crippen molar-refractivity contribution in [1.29, 1.82) is 0 Å². The van der Waals surface area contributed by atoms with Gasteiger partial charge in [-0.15, -0.1) is 0 Å². The third kappa shape index (κ3) is 5.86. The van der Waals surface area contributed by atoms with Crippen LogP contribution in [0.2, 0.25) is 0 Å². The van der Waals surface area contributed by atoms with Crippen LogP contribution < -0.4 is 5.32 Å². The van der Waals surface area contributed by atoms with Crippen LogP contribution in [0.3, 0.4) is 0 Å². The van der Waals surface area contributed by atoms with Gasteiger partial charge in [-0.2, -0.15) is 0 Å². The molecule has 0 spiro atoms. The van der Waals surface area contributed by atoms with Crippen molar-refractivity contribution >= 4 is 27.8 Å². The molecule has 0 aliphatic carbocycles. The number of esters is 1. The van der Waals surface area contributed by atoms with Crippen LogP contribution >= 0.6 is 15.9 Å². The van der Waals surface area contributed by atoms with Crippen molar-refractivity contribution in [2.75, 3.05) is 13.2 Å². The number of rotatable bonds is 5. The summed E-state index contributed by atoms with van der Waals surface area (Å²) in [6.07, 6.45) is 0. The minimum Gasteiger partial charge on any atom is -0.465 e. The molecule has 0 aromatic rings. The van der Waals surface area contributed by atoms with Crippen molar-refractivity contribution < 1.29 is 14.3 Å². The number of ether oxygens (including phenoxy) is 1. The predicted molar refractivity (Wildman–Crippen MR) is 70.7 cm³/mol. The molecule has 98 valence electrons. The van der Waals surface area contributed by atoms with Gasteiger partial charge in [0.05, 0.1) is 6.61 Å². The molecule has 17 heavy (non-hydrogen) atoms. The zero-order valence-corrected chi connectivity index (χ0v) is 12.4. The summed E-state index contributed by atoms with van der Waals surface area (Å²) in [5.41, 5.74) is -0.482.